The highest BCUT2D eigenvalue weighted by atomic mass is 16.3. The zero-order valence-electron chi connectivity index (χ0n) is 7.82. The second-order valence-electron chi connectivity index (χ2n) is 2.72. The van der Waals surface area contributed by atoms with Gasteiger partial charge in [0.2, 0.25) is 0 Å². The van der Waals surface area contributed by atoms with Gasteiger partial charge in [0.1, 0.15) is 0 Å². The van der Waals surface area contributed by atoms with Gasteiger partial charge in [-0.05, 0) is 12.0 Å². The van der Waals surface area contributed by atoms with Crippen LogP contribution in [0.25, 0.3) is 0 Å². The van der Waals surface area contributed by atoms with Gasteiger partial charge in [0.25, 0.3) is 0 Å². The molecule has 3 N–H and O–H groups in total. The maximum Gasteiger partial charge on any atom is 0.0585 e. The molecule has 0 radical (unpaired) electrons. The van der Waals surface area contributed by atoms with Gasteiger partial charge in [0.05, 0.1) is 6.61 Å². The third-order valence-corrected chi connectivity index (χ3v) is 1.51. The Morgan fingerprint density at radius 3 is 2.54 bits per heavy atom. The summed E-state index contributed by atoms with van der Waals surface area (Å²) >= 11 is 0. The minimum absolute atomic E-state index is 0.00356. The van der Waals surface area contributed by atoms with E-state index >= 15 is 0 Å². The lowest BCUT2D eigenvalue weighted by atomic mass is 10.1. The standard InChI is InChI=1S/C11H17NO/c1-3-5-7-10(6-4-2)8-11(12)9-13/h3-7,11,13H,1-2,8-9,12H2/b7-5-,10-6+. The van der Waals surface area contributed by atoms with Crippen molar-refractivity contribution in [2.75, 3.05) is 6.61 Å². The van der Waals surface area contributed by atoms with Gasteiger partial charge >= 0.3 is 0 Å². The van der Waals surface area contributed by atoms with Crippen molar-refractivity contribution in [3.8, 4) is 0 Å². The van der Waals surface area contributed by atoms with Gasteiger partial charge < -0.3 is 10.8 Å². The van der Waals surface area contributed by atoms with Crippen molar-refractivity contribution >= 4 is 0 Å². The molecule has 1 unspecified atom stereocenters. The van der Waals surface area contributed by atoms with Gasteiger partial charge in [-0.1, -0.05) is 43.5 Å². The van der Waals surface area contributed by atoms with Crippen molar-refractivity contribution in [3.05, 3.63) is 49.1 Å². The molecule has 0 aromatic rings. The molecule has 0 rings (SSSR count). The molecule has 2 heteroatoms. The second-order valence-corrected chi connectivity index (χ2v) is 2.72. The third kappa shape index (κ3) is 6.08. The first-order valence-electron chi connectivity index (χ1n) is 4.21. The third-order valence-electron chi connectivity index (χ3n) is 1.51. The van der Waals surface area contributed by atoms with Gasteiger partial charge in [-0.25, -0.2) is 0 Å². The molecule has 1 atom stereocenters. The highest BCUT2D eigenvalue weighted by Crippen LogP contribution is 2.06. The predicted molar refractivity (Wildman–Crippen MR) is 57.3 cm³/mol. The van der Waals surface area contributed by atoms with Crippen LogP contribution in [0.4, 0.5) is 0 Å². The molecule has 72 valence electrons. The molecule has 0 saturated carbocycles. The number of hydrogen-bond donors (Lipinski definition) is 2. The summed E-state index contributed by atoms with van der Waals surface area (Å²) in [5.74, 6) is 0. The Labute approximate surface area is 79.8 Å². The van der Waals surface area contributed by atoms with Crippen LogP contribution in [0.1, 0.15) is 6.42 Å². The molecule has 0 aliphatic carbocycles. The summed E-state index contributed by atoms with van der Waals surface area (Å²) in [5, 5.41) is 8.76. The summed E-state index contributed by atoms with van der Waals surface area (Å²) in [7, 11) is 0. The molecule has 0 bridgehead atoms. The summed E-state index contributed by atoms with van der Waals surface area (Å²) in [4.78, 5) is 0. The predicted octanol–water partition coefficient (Wildman–Crippen LogP) is 1.55. The lowest BCUT2D eigenvalue weighted by molar-refractivity contribution is 0.265. The number of aliphatic hydroxyl groups is 1. The van der Waals surface area contributed by atoms with Crippen molar-refractivity contribution in [2.24, 2.45) is 5.73 Å². The van der Waals surface area contributed by atoms with E-state index in [2.05, 4.69) is 13.2 Å². The Hall–Kier alpha value is -1.12. The minimum atomic E-state index is -0.208. The molecule has 0 heterocycles. The van der Waals surface area contributed by atoms with E-state index in [1.165, 1.54) is 0 Å². The van der Waals surface area contributed by atoms with Gasteiger partial charge in [-0.3, -0.25) is 0 Å². The number of rotatable bonds is 6. The summed E-state index contributed by atoms with van der Waals surface area (Å²) < 4.78 is 0. The normalized spacial score (nSPS) is 14.5. The Bertz CT molecular complexity index is 216. The quantitative estimate of drug-likeness (QED) is 0.608. The van der Waals surface area contributed by atoms with Gasteiger partial charge in [-0.15, -0.1) is 0 Å². The highest BCUT2D eigenvalue weighted by molar-refractivity contribution is 5.25. The van der Waals surface area contributed by atoms with Crippen molar-refractivity contribution in [1.82, 2.24) is 0 Å². The first kappa shape index (κ1) is 11.9. The van der Waals surface area contributed by atoms with Crippen molar-refractivity contribution in [2.45, 2.75) is 12.5 Å². The van der Waals surface area contributed by atoms with E-state index < -0.39 is 0 Å². The fraction of sp³-hybridized carbons (Fsp3) is 0.273. The molecule has 0 aliphatic heterocycles. The maximum atomic E-state index is 8.76. The van der Waals surface area contributed by atoms with Crippen molar-refractivity contribution in [3.63, 3.8) is 0 Å². The van der Waals surface area contributed by atoms with Crippen LogP contribution >= 0.6 is 0 Å². The van der Waals surface area contributed by atoms with Crippen LogP contribution in [0.5, 0.6) is 0 Å². The summed E-state index contributed by atoms with van der Waals surface area (Å²) in [5.41, 5.74) is 6.63. The Balaban J connectivity index is 4.26. The smallest absolute Gasteiger partial charge is 0.0585 e. The van der Waals surface area contributed by atoms with Crippen molar-refractivity contribution in [1.29, 1.82) is 0 Å². The molecule has 13 heavy (non-hydrogen) atoms. The van der Waals surface area contributed by atoms with Gasteiger partial charge in [-0.2, -0.15) is 0 Å². The number of aliphatic hydroxyl groups excluding tert-OH is 1. The van der Waals surface area contributed by atoms with E-state index in [1.54, 1.807) is 12.2 Å². The molecule has 0 amide bonds. The first-order chi connectivity index (χ1) is 6.24. The Kier molecular flexibility index (Phi) is 6.88. The van der Waals surface area contributed by atoms with E-state index in [-0.39, 0.29) is 12.6 Å². The van der Waals surface area contributed by atoms with E-state index in [1.807, 2.05) is 18.2 Å². The molecule has 0 saturated heterocycles. The maximum absolute atomic E-state index is 8.76. The molecular formula is C11H17NO. The minimum Gasteiger partial charge on any atom is -0.395 e. The summed E-state index contributed by atoms with van der Waals surface area (Å²) in [6.07, 6.45) is 9.65. The molecule has 0 aliphatic rings. The molecular weight excluding hydrogens is 162 g/mol. The van der Waals surface area contributed by atoms with Crippen LogP contribution in [0.3, 0.4) is 0 Å². The zero-order valence-corrected chi connectivity index (χ0v) is 7.82. The van der Waals surface area contributed by atoms with Gasteiger partial charge in [0, 0.05) is 6.04 Å². The van der Waals surface area contributed by atoms with E-state index in [4.69, 9.17) is 10.8 Å². The summed E-state index contributed by atoms with van der Waals surface area (Å²) in [6, 6.07) is -0.208. The van der Waals surface area contributed by atoms with Crippen LogP contribution in [0, 0.1) is 0 Å². The lowest BCUT2D eigenvalue weighted by Gasteiger charge is -2.07. The van der Waals surface area contributed by atoms with E-state index in [9.17, 15) is 0 Å². The van der Waals surface area contributed by atoms with Crippen LogP contribution < -0.4 is 5.73 Å². The highest BCUT2D eigenvalue weighted by Gasteiger charge is 2.01. The SMILES string of the molecule is C=C/C=C\C(=C/C=C)CC(N)CO. The van der Waals surface area contributed by atoms with E-state index in [0.29, 0.717) is 6.42 Å². The monoisotopic (exact) mass is 179 g/mol. The fourth-order valence-electron chi connectivity index (χ4n) is 0.902. The van der Waals surface area contributed by atoms with Gasteiger partial charge in [0.15, 0.2) is 0 Å². The molecule has 0 fully saturated rings. The average molecular weight is 179 g/mol. The lowest BCUT2D eigenvalue weighted by Crippen LogP contribution is -2.24. The topological polar surface area (TPSA) is 46.2 Å². The number of nitrogens with two attached hydrogens (primary N) is 1. The van der Waals surface area contributed by atoms with E-state index in [0.717, 1.165) is 5.57 Å². The fourth-order valence-corrected chi connectivity index (χ4v) is 0.902. The van der Waals surface area contributed by atoms with Crippen LogP contribution in [0.2, 0.25) is 0 Å². The molecule has 0 aromatic carbocycles. The van der Waals surface area contributed by atoms with Crippen LogP contribution in [-0.2, 0) is 0 Å². The summed E-state index contributed by atoms with van der Waals surface area (Å²) in [6.45, 7) is 7.17. The Morgan fingerprint density at radius 2 is 2.08 bits per heavy atom. The zero-order chi connectivity index (χ0) is 10.1. The number of allylic oxidation sites excluding steroid dienone is 5. The number of hydrogen-bond acceptors (Lipinski definition) is 2. The largest absolute Gasteiger partial charge is 0.395 e. The average Bonchev–Trinajstić information content (AvgIpc) is 2.14. The van der Waals surface area contributed by atoms with Crippen LogP contribution in [0.15, 0.2) is 49.1 Å². The van der Waals surface area contributed by atoms with Crippen LogP contribution in [-0.4, -0.2) is 17.8 Å². The molecule has 0 spiro atoms. The Morgan fingerprint density at radius 1 is 1.38 bits per heavy atom. The second kappa shape index (κ2) is 7.53. The first-order valence-corrected chi connectivity index (χ1v) is 4.21. The molecule has 0 aromatic heterocycles. The molecule has 2 nitrogen and oxygen atoms in total. The van der Waals surface area contributed by atoms with Crippen molar-refractivity contribution < 1.29 is 5.11 Å².